The van der Waals surface area contributed by atoms with E-state index in [1.54, 1.807) is 0 Å². The van der Waals surface area contributed by atoms with Gasteiger partial charge in [0.05, 0.1) is 5.69 Å². The van der Waals surface area contributed by atoms with Gasteiger partial charge in [-0.15, -0.1) is 0 Å². The quantitative estimate of drug-likeness (QED) is 0.471. The van der Waals surface area contributed by atoms with Crippen LogP contribution in [-0.2, 0) is 9.59 Å². The van der Waals surface area contributed by atoms with Crippen molar-refractivity contribution in [3.63, 3.8) is 0 Å². The average molecular weight is 386 g/mol. The summed E-state index contributed by atoms with van der Waals surface area (Å²) in [6.45, 7) is -0.0253. The van der Waals surface area contributed by atoms with E-state index in [9.17, 15) is 27.2 Å². The molecule has 10 heteroatoms. The number of hydrogen-bond donors (Lipinski definition) is 2. The molecular weight excluding hydrogens is 368 g/mol. The van der Waals surface area contributed by atoms with Crippen LogP contribution in [0.15, 0.2) is 41.0 Å². The molecule has 0 bridgehead atoms. The van der Waals surface area contributed by atoms with Crippen molar-refractivity contribution in [2.45, 2.75) is 6.18 Å². The number of alkyl halides is 3. The number of benzene rings is 1. The van der Waals surface area contributed by atoms with Crippen LogP contribution in [-0.4, -0.2) is 49.2 Å². The third kappa shape index (κ3) is 4.44. The zero-order valence-electron chi connectivity index (χ0n) is 14.5. The number of amides is 2. The summed E-state index contributed by atoms with van der Waals surface area (Å²) >= 11 is 0. The smallest absolute Gasteiger partial charge is 0.395 e. The lowest BCUT2D eigenvalue weighted by atomic mass is 9.89. The molecule has 2 amide bonds. The highest BCUT2D eigenvalue weighted by atomic mass is 19.4. The Morgan fingerprint density at radius 2 is 2.00 bits per heavy atom. The maximum Gasteiger partial charge on any atom is 0.430 e. The number of para-hydroxylation sites is 1. The number of carbonyl (C=O) groups is 2. The predicted octanol–water partition coefficient (Wildman–Crippen LogP) is 1.94. The molecule has 3 N–H and O–H groups in total. The summed E-state index contributed by atoms with van der Waals surface area (Å²) in [6, 6.07) is 5.35. The summed E-state index contributed by atoms with van der Waals surface area (Å²) in [7, 11) is 2.65. The third-order valence-electron chi connectivity index (χ3n) is 4.20. The lowest BCUT2D eigenvalue weighted by Crippen LogP contribution is -2.36. The van der Waals surface area contributed by atoms with Crippen LogP contribution in [0.2, 0.25) is 0 Å². The van der Waals surface area contributed by atoms with Gasteiger partial charge in [0.1, 0.15) is 17.4 Å². The van der Waals surface area contributed by atoms with Crippen LogP contribution in [0, 0.1) is 17.7 Å². The lowest BCUT2D eigenvalue weighted by Gasteiger charge is -2.18. The summed E-state index contributed by atoms with van der Waals surface area (Å²) in [5.41, 5.74) is 3.37. The molecule has 1 saturated heterocycles. The molecule has 0 aromatic heterocycles. The van der Waals surface area contributed by atoms with Gasteiger partial charge >= 0.3 is 6.18 Å². The van der Waals surface area contributed by atoms with E-state index < -0.39 is 41.3 Å². The Morgan fingerprint density at radius 3 is 2.56 bits per heavy atom. The number of halogens is 4. The summed E-state index contributed by atoms with van der Waals surface area (Å²) < 4.78 is 51.9. The Kier molecular flexibility index (Phi) is 5.87. The van der Waals surface area contributed by atoms with Gasteiger partial charge in [-0.1, -0.05) is 12.1 Å². The molecule has 1 aromatic carbocycles. The van der Waals surface area contributed by atoms with E-state index in [0.29, 0.717) is 6.08 Å². The minimum atomic E-state index is -4.77. The molecule has 2 rings (SSSR count). The largest absolute Gasteiger partial charge is 0.430 e. The minimum absolute atomic E-state index is 0.0253. The van der Waals surface area contributed by atoms with E-state index in [4.69, 9.17) is 5.73 Å². The summed E-state index contributed by atoms with van der Waals surface area (Å²) in [5, 5.41) is 2.31. The van der Waals surface area contributed by atoms with E-state index in [1.165, 1.54) is 37.2 Å². The SMILES string of the molecule is CN=C(C=C(N)C(F)(F)F)[C@H]1CN(C)C(=O)[C@@H]1C(=O)Nc1ccccc1F. The van der Waals surface area contributed by atoms with Gasteiger partial charge in [0.2, 0.25) is 11.8 Å². The van der Waals surface area contributed by atoms with Gasteiger partial charge in [-0.25, -0.2) is 4.39 Å². The maximum atomic E-state index is 13.8. The van der Waals surface area contributed by atoms with Crippen molar-refractivity contribution < 1.29 is 27.2 Å². The number of anilines is 1. The molecule has 6 nitrogen and oxygen atoms in total. The van der Waals surface area contributed by atoms with Crippen molar-refractivity contribution in [1.29, 1.82) is 0 Å². The molecule has 1 heterocycles. The Hall–Kier alpha value is -2.91. The predicted molar refractivity (Wildman–Crippen MR) is 91.3 cm³/mol. The number of nitrogens with two attached hydrogens (primary N) is 1. The molecule has 0 spiro atoms. The average Bonchev–Trinajstić information content (AvgIpc) is 2.88. The molecule has 0 radical (unpaired) electrons. The Balaban J connectivity index is 2.33. The van der Waals surface area contributed by atoms with Crippen LogP contribution >= 0.6 is 0 Å². The fourth-order valence-electron chi connectivity index (χ4n) is 2.81. The summed E-state index contributed by atoms with van der Waals surface area (Å²) in [4.78, 5) is 29.9. The number of likely N-dealkylation sites (tertiary alicyclic amines) is 1. The Morgan fingerprint density at radius 1 is 1.37 bits per heavy atom. The Labute approximate surface area is 152 Å². The van der Waals surface area contributed by atoms with E-state index in [0.717, 1.165) is 6.07 Å². The van der Waals surface area contributed by atoms with Gasteiger partial charge in [-0.2, -0.15) is 13.2 Å². The molecule has 1 fully saturated rings. The molecule has 1 aliphatic rings. The van der Waals surface area contributed by atoms with Crippen LogP contribution in [0.5, 0.6) is 0 Å². The molecule has 0 unspecified atom stereocenters. The number of nitrogens with one attached hydrogen (secondary N) is 1. The molecule has 0 saturated carbocycles. The number of rotatable bonds is 4. The first kappa shape index (κ1) is 20.4. The summed E-state index contributed by atoms with van der Waals surface area (Å²) in [5.74, 6) is -4.45. The molecule has 27 heavy (non-hydrogen) atoms. The van der Waals surface area contributed by atoms with Crippen molar-refractivity contribution in [3.05, 3.63) is 41.9 Å². The van der Waals surface area contributed by atoms with Crippen LogP contribution < -0.4 is 11.1 Å². The highest BCUT2D eigenvalue weighted by Gasteiger charge is 2.46. The van der Waals surface area contributed by atoms with E-state index in [2.05, 4.69) is 10.3 Å². The number of hydrogen-bond acceptors (Lipinski definition) is 4. The summed E-state index contributed by atoms with van der Waals surface area (Å²) in [6.07, 6.45) is -4.16. The highest BCUT2D eigenvalue weighted by molar-refractivity contribution is 6.13. The first-order chi connectivity index (χ1) is 12.6. The normalized spacial score (nSPS) is 21.6. The maximum absolute atomic E-state index is 13.8. The van der Waals surface area contributed by atoms with Gasteiger partial charge in [0.25, 0.3) is 0 Å². The minimum Gasteiger partial charge on any atom is -0.395 e. The van der Waals surface area contributed by atoms with Gasteiger partial charge in [0, 0.05) is 32.3 Å². The molecule has 146 valence electrons. The number of nitrogens with zero attached hydrogens (tertiary/aromatic N) is 2. The Bertz CT molecular complexity index is 804. The molecule has 1 aromatic rings. The van der Waals surface area contributed by atoms with Crippen LogP contribution in [0.3, 0.4) is 0 Å². The van der Waals surface area contributed by atoms with Crippen molar-refractivity contribution in [1.82, 2.24) is 4.90 Å². The van der Waals surface area contributed by atoms with Gasteiger partial charge in [-0.05, 0) is 18.2 Å². The zero-order chi connectivity index (χ0) is 20.4. The molecule has 0 aliphatic carbocycles. The number of allylic oxidation sites excluding steroid dienone is 2. The van der Waals surface area contributed by atoms with Crippen molar-refractivity contribution >= 4 is 23.2 Å². The first-order valence-corrected chi connectivity index (χ1v) is 7.87. The highest BCUT2D eigenvalue weighted by Crippen LogP contribution is 2.29. The van der Waals surface area contributed by atoms with Crippen LogP contribution in [0.25, 0.3) is 0 Å². The van der Waals surface area contributed by atoms with Crippen LogP contribution in [0.1, 0.15) is 0 Å². The molecule has 2 atom stereocenters. The van der Waals surface area contributed by atoms with E-state index >= 15 is 0 Å². The van der Waals surface area contributed by atoms with Crippen LogP contribution in [0.4, 0.5) is 23.2 Å². The lowest BCUT2D eigenvalue weighted by molar-refractivity contribution is -0.135. The second kappa shape index (κ2) is 7.77. The fourth-order valence-corrected chi connectivity index (χ4v) is 2.81. The second-order valence-corrected chi connectivity index (χ2v) is 6.02. The molecule has 1 aliphatic heterocycles. The van der Waals surface area contributed by atoms with E-state index in [-0.39, 0.29) is 17.9 Å². The van der Waals surface area contributed by atoms with E-state index in [1.807, 2.05) is 0 Å². The topological polar surface area (TPSA) is 87.8 Å². The van der Waals surface area contributed by atoms with Gasteiger partial charge in [0.15, 0.2) is 0 Å². The first-order valence-electron chi connectivity index (χ1n) is 7.87. The zero-order valence-corrected chi connectivity index (χ0v) is 14.5. The monoisotopic (exact) mass is 386 g/mol. The van der Waals surface area contributed by atoms with Crippen molar-refractivity contribution in [2.24, 2.45) is 22.6 Å². The van der Waals surface area contributed by atoms with Crippen molar-refractivity contribution in [3.8, 4) is 0 Å². The number of carbonyl (C=O) groups excluding carboxylic acids is 2. The van der Waals surface area contributed by atoms with Gasteiger partial charge < -0.3 is 16.0 Å². The standard InChI is InChI=1S/C17H18F4N4O2/c1-23-12(7-13(22)17(19,20)21)9-8-25(2)16(27)14(9)15(26)24-11-6-4-3-5-10(11)18/h3-7,9,14H,8,22H2,1-2H3,(H,24,26)/t9-,14+/m1/s1. The van der Waals surface area contributed by atoms with Crippen molar-refractivity contribution in [2.75, 3.05) is 26.0 Å². The second-order valence-electron chi connectivity index (χ2n) is 6.02. The van der Waals surface area contributed by atoms with Gasteiger partial charge in [-0.3, -0.25) is 14.6 Å². The molecular formula is C17H18F4N4O2. The third-order valence-corrected chi connectivity index (χ3v) is 4.20. The fraction of sp³-hybridized carbons (Fsp3) is 0.353. The number of aliphatic imine (C=N–C) groups is 1.